The van der Waals surface area contributed by atoms with E-state index >= 15 is 0 Å². The van der Waals surface area contributed by atoms with E-state index in [9.17, 15) is 14.0 Å². The molecule has 0 spiro atoms. The number of hydrogen-bond acceptors (Lipinski definition) is 2. The Labute approximate surface area is 155 Å². The van der Waals surface area contributed by atoms with Gasteiger partial charge in [0.1, 0.15) is 5.82 Å². The van der Waals surface area contributed by atoms with Crippen LogP contribution < -0.4 is 10.2 Å². The Bertz CT molecular complexity index is 783. The Morgan fingerprint density at radius 2 is 1.92 bits per heavy atom. The zero-order chi connectivity index (χ0) is 18.4. The third kappa shape index (κ3) is 5.73. The molecule has 0 atom stereocenters. The first-order chi connectivity index (χ1) is 11.9. The van der Waals surface area contributed by atoms with Gasteiger partial charge in [0.2, 0.25) is 11.8 Å². The molecular weight excluding hydrogens is 366 g/mol. The van der Waals surface area contributed by atoms with Crippen molar-refractivity contribution in [3.05, 3.63) is 63.9 Å². The molecule has 1 N–H and O–H groups in total. The van der Waals surface area contributed by atoms with Gasteiger partial charge in [0.05, 0.1) is 17.1 Å². The van der Waals surface area contributed by atoms with Crippen LogP contribution in [0.25, 0.3) is 0 Å². The van der Waals surface area contributed by atoms with Gasteiger partial charge in [-0.1, -0.05) is 35.3 Å². The van der Waals surface area contributed by atoms with Gasteiger partial charge in [0, 0.05) is 25.0 Å². The lowest BCUT2D eigenvalue weighted by Crippen LogP contribution is -2.38. The lowest BCUT2D eigenvalue weighted by Gasteiger charge is -2.22. The van der Waals surface area contributed by atoms with Crippen molar-refractivity contribution in [1.82, 2.24) is 5.32 Å². The van der Waals surface area contributed by atoms with Crippen LogP contribution in [0.15, 0.2) is 42.5 Å². The maximum atomic E-state index is 13.1. The SMILES string of the molecule is CC(=O)N(CCNC(=O)Cc1cccc(F)c1)c1cc(Cl)ccc1Cl. The van der Waals surface area contributed by atoms with Crippen LogP contribution in [0.5, 0.6) is 0 Å². The number of hydrogen-bond donors (Lipinski definition) is 1. The highest BCUT2D eigenvalue weighted by Gasteiger charge is 2.15. The smallest absolute Gasteiger partial charge is 0.224 e. The van der Waals surface area contributed by atoms with Gasteiger partial charge in [-0.25, -0.2) is 4.39 Å². The average Bonchev–Trinajstić information content (AvgIpc) is 2.54. The van der Waals surface area contributed by atoms with Gasteiger partial charge in [-0.05, 0) is 35.9 Å². The molecule has 0 radical (unpaired) electrons. The molecule has 0 aliphatic heterocycles. The highest BCUT2D eigenvalue weighted by Crippen LogP contribution is 2.29. The van der Waals surface area contributed by atoms with E-state index in [-0.39, 0.29) is 37.1 Å². The van der Waals surface area contributed by atoms with Crippen molar-refractivity contribution in [3.8, 4) is 0 Å². The molecule has 2 amide bonds. The first-order valence-electron chi connectivity index (χ1n) is 7.61. The van der Waals surface area contributed by atoms with E-state index in [1.165, 1.54) is 24.0 Å². The molecular formula is C18H17Cl2FN2O2. The summed E-state index contributed by atoms with van der Waals surface area (Å²) in [6.45, 7) is 1.88. The van der Waals surface area contributed by atoms with Crippen LogP contribution in [0, 0.1) is 5.82 Å². The summed E-state index contributed by atoms with van der Waals surface area (Å²) in [5.74, 6) is -0.863. The molecule has 0 unspecified atom stereocenters. The summed E-state index contributed by atoms with van der Waals surface area (Å²) in [6, 6.07) is 10.7. The molecule has 0 aliphatic carbocycles. The zero-order valence-electron chi connectivity index (χ0n) is 13.6. The third-order valence-corrected chi connectivity index (χ3v) is 4.05. The normalized spacial score (nSPS) is 10.4. The molecule has 2 rings (SSSR count). The third-order valence-electron chi connectivity index (χ3n) is 3.49. The van der Waals surface area contributed by atoms with Crippen LogP contribution in [0.3, 0.4) is 0 Å². The summed E-state index contributed by atoms with van der Waals surface area (Å²) >= 11 is 12.1. The topological polar surface area (TPSA) is 49.4 Å². The monoisotopic (exact) mass is 382 g/mol. The Balaban J connectivity index is 1.94. The molecule has 7 heteroatoms. The summed E-state index contributed by atoms with van der Waals surface area (Å²) in [5.41, 5.74) is 1.07. The highest BCUT2D eigenvalue weighted by molar-refractivity contribution is 6.35. The van der Waals surface area contributed by atoms with Crippen molar-refractivity contribution in [2.75, 3.05) is 18.0 Å². The fraction of sp³-hybridized carbons (Fsp3) is 0.222. The second-order valence-electron chi connectivity index (χ2n) is 5.42. The van der Waals surface area contributed by atoms with Crippen LogP contribution in [-0.2, 0) is 16.0 Å². The first-order valence-corrected chi connectivity index (χ1v) is 8.36. The summed E-state index contributed by atoms with van der Waals surface area (Å²) < 4.78 is 13.1. The summed E-state index contributed by atoms with van der Waals surface area (Å²) in [5, 5.41) is 3.56. The quantitative estimate of drug-likeness (QED) is 0.824. The van der Waals surface area contributed by atoms with Gasteiger partial charge < -0.3 is 10.2 Å². The maximum absolute atomic E-state index is 13.1. The fourth-order valence-corrected chi connectivity index (χ4v) is 2.73. The van der Waals surface area contributed by atoms with E-state index in [1.54, 1.807) is 30.3 Å². The van der Waals surface area contributed by atoms with Crippen LogP contribution >= 0.6 is 23.2 Å². The number of benzene rings is 2. The van der Waals surface area contributed by atoms with Crippen LogP contribution in [0.1, 0.15) is 12.5 Å². The number of anilines is 1. The standard InChI is InChI=1S/C18H17Cl2FN2O2/c1-12(24)23(17-11-14(19)5-6-16(17)20)8-7-22-18(25)10-13-3-2-4-15(21)9-13/h2-6,9,11H,7-8,10H2,1H3,(H,22,25). The summed E-state index contributed by atoms with van der Waals surface area (Å²) in [4.78, 5) is 25.3. The van der Waals surface area contributed by atoms with Crippen LogP contribution in [-0.4, -0.2) is 24.9 Å². The van der Waals surface area contributed by atoms with Crippen molar-refractivity contribution >= 4 is 40.7 Å². The van der Waals surface area contributed by atoms with Crippen molar-refractivity contribution in [1.29, 1.82) is 0 Å². The largest absolute Gasteiger partial charge is 0.354 e. The van der Waals surface area contributed by atoms with Crippen LogP contribution in [0.4, 0.5) is 10.1 Å². The number of nitrogens with zero attached hydrogens (tertiary/aromatic N) is 1. The number of carbonyl (C=O) groups excluding carboxylic acids is 2. The van der Waals surface area contributed by atoms with Gasteiger partial charge in [-0.15, -0.1) is 0 Å². The zero-order valence-corrected chi connectivity index (χ0v) is 15.1. The van der Waals surface area contributed by atoms with E-state index in [0.717, 1.165) is 0 Å². The molecule has 132 valence electrons. The highest BCUT2D eigenvalue weighted by atomic mass is 35.5. The molecule has 0 fully saturated rings. The van der Waals surface area contributed by atoms with Crippen molar-refractivity contribution in [2.45, 2.75) is 13.3 Å². The van der Waals surface area contributed by atoms with E-state index in [0.29, 0.717) is 21.3 Å². The second kappa shape index (κ2) is 8.83. The minimum Gasteiger partial charge on any atom is -0.354 e. The van der Waals surface area contributed by atoms with Gasteiger partial charge in [-0.2, -0.15) is 0 Å². The van der Waals surface area contributed by atoms with Gasteiger partial charge in [-0.3, -0.25) is 9.59 Å². The van der Waals surface area contributed by atoms with Crippen molar-refractivity contribution < 1.29 is 14.0 Å². The molecule has 4 nitrogen and oxygen atoms in total. The lowest BCUT2D eigenvalue weighted by molar-refractivity contribution is -0.121. The Morgan fingerprint density at radius 3 is 2.60 bits per heavy atom. The number of halogens is 3. The Morgan fingerprint density at radius 1 is 1.16 bits per heavy atom. The predicted molar refractivity (Wildman–Crippen MR) is 97.6 cm³/mol. The fourth-order valence-electron chi connectivity index (χ4n) is 2.34. The van der Waals surface area contributed by atoms with Gasteiger partial charge in [0.15, 0.2) is 0 Å². The minimum atomic E-state index is -0.386. The lowest BCUT2D eigenvalue weighted by atomic mass is 10.1. The predicted octanol–water partition coefficient (Wildman–Crippen LogP) is 3.84. The average molecular weight is 383 g/mol. The van der Waals surface area contributed by atoms with Crippen LogP contribution in [0.2, 0.25) is 10.0 Å². The Hall–Kier alpha value is -2.11. The maximum Gasteiger partial charge on any atom is 0.224 e. The molecule has 0 saturated heterocycles. The summed E-state index contributed by atoms with van der Waals surface area (Å²) in [6.07, 6.45) is 0.0652. The molecule has 0 saturated carbocycles. The van der Waals surface area contributed by atoms with E-state index in [4.69, 9.17) is 23.2 Å². The van der Waals surface area contributed by atoms with E-state index < -0.39 is 0 Å². The summed E-state index contributed by atoms with van der Waals surface area (Å²) in [7, 11) is 0. The van der Waals surface area contributed by atoms with Crippen molar-refractivity contribution in [3.63, 3.8) is 0 Å². The molecule has 0 aliphatic rings. The molecule has 2 aromatic carbocycles. The van der Waals surface area contributed by atoms with Gasteiger partial charge >= 0.3 is 0 Å². The number of nitrogens with one attached hydrogen (secondary N) is 1. The van der Waals surface area contributed by atoms with Gasteiger partial charge in [0.25, 0.3) is 0 Å². The number of rotatable bonds is 6. The molecule has 2 aromatic rings. The molecule has 0 bridgehead atoms. The van der Waals surface area contributed by atoms with Crippen molar-refractivity contribution in [2.24, 2.45) is 0 Å². The van der Waals surface area contributed by atoms with E-state index in [2.05, 4.69) is 5.32 Å². The minimum absolute atomic E-state index is 0.0652. The Kier molecular flexibility index (Phi) is 6.79. The molecule has 0 aromatic heterocycles. The molecule has 0 heterocycles. The number of amides is 2. The molecule has 25 heavy (non-hydrogen) atoms. The number of carbonyl (C=O) groups is 2. The second-order valence-corrected chi connectivity index (χ2v) is 6.27. The first kappa shape index (κ1) is 19.2. The van der Waals surface area contributed by atoms with E-state index in [1.807, 2.05) is 0 Å².